The van der Waals surface area contributed by atoms with Crippen LogP contribution in [0, 0.1) is 6.92 Å². The van der Waals surface area contributed by atoms with E-state index in [1.165, 1.54) is 28.6 Å². The van der Waals surface area contributed by atoms with Crippen LogP contribution in [0.4, 0.5) is 5.69 Å². The number of carbonyl (C=O) groups is 2. The van der Waals surface area contributed by atoms with Crippen molar-refractivity contribution in [1.29, 1.82) is 0 Å². The van der Waals surface area contributed by atoms with Crippen molar-refractivity contribution in [3.8, 4) is 0 Å². The van der Waals surface area contributed by atoms with Crippen LogP contribution in [0.2, 0.25) is 0 Å². The SMILES string of the molecule is CC(=O)O.Cc1cc2cc(NC=O)cc3c2n1CCC3. The number of carboxylic acids is 1. The van der Waals surface area contributed by atoms with E-state index in [-0.39, 0.29) is 0 Å². The van der Waals surface area contributed by atoms with E-state index in [2.05, 4.69) is 28.9 Å². The molecule has 106 valence electrons. The minimum absolute atomic E-state index is 0.737. The van der Waals surface area contributed by atoms with Gasteiger partial charge in [-0.15, -0.1) is 0 Å². The number of benzene rings is 1. The molecule has 0 fully saturated rings. The molecule has 0 saturated heterocycles. The molecule has 0 radical (unpaired) electrons. The second-order valence-electron chi connectivity index (χ2n) is 4.90. The first-order valence-corrected chi connectivity index (χ1v) is 6.55. The quantitative estimate of drug-likeness (QED) is 0.827. The number of aryl methyl sites for hydroxylation is 3. The predicted molar refractivity (Wildman–Crippen MR) is 78.0 cm³/mol. The Bertz CT molecular complexity index is 655. The molecule has 2 heterocycles. The fraction of sp³-hybridized carbons (Fsp3) is 0.333. The van der Waals surface area contributed by atoms with Crippen LogP contribution in [0.5, 0.6) is 0 Å². The van der Waals surface area contributed by atoms with Gasteiger partial charge in [0.05, 0.1) is 5.52 Å². The third kappa shape index (κ3) is 2.82. The van der Waals surface area contributed by atoms with Gasteiger partial charge < -0.3 is 15.0 Å². The molecule has 2 aromatic rings. The number of anilines is 1. The summed E-state index contributed by atoms with van der Waals surface area (Å²) in [4.78, 5) is 19.5. The third-order valence-corrected chi connectivity index (χ3v) is 3.33. The smallest absolute Gasteiger partial charge is 0.300 e. The van der Waals surface area contributed by atoms with E-state index in [1.807, 2.05) is 6.07 Å². The minimum Gasteiger partial charge on any atom is -0.481 e. The predicted octanol–water partition coefficient (Wildman–Crippen LogP) is 2.56. The van der Waals surface area contributed by atoms with E-state index in [1.54, 1.807) is 0 Å². The number of nitrogens with zero attached hydrogens (tertiary/aromatic N) is 1. The lowest BCUT2D eigenvalue weighted by Gasteiger charge is -2.17. The van der Waals surface area contributed by atoms with Gasteiger partial charge in [0.25, 0.3) is 5.97 Å². The molecule has 1 aromatic heterocycles. The van der Waals surface area contributed by atoms with Crippen LogP contribution in [-0.4, -0.2) is 22.1 Å². The summed E-state index contributed by atoms with van der Waals surface area (Å²) in [6.07, 6.45) is 3.02. The molecule has 20 heavy (non-hydrogen) atoms. The molecule has 1 aliphatic rings. The Balaban J connectivity index is 0.000000328. The number of carboxylic acid groups (broad SMARTS) is 1. The van der Waals surface area contributed by atoms with Gasteiger partial charge in [-0.3, -0.25) is 9.59 Å². The number of hydrogen-bond acceptors (Lipinski definition) is 2. The maximum Gasteiger partial charge on any atom is 0.300 e. The first-order chi connectivity index (χ1) is 9.52. The van der Waals surface area contributed by atoms with Crippen LogP contribution in [0.25, 0.3) is 10.9 Å². The average molecular weight is 274 g/mol. The zero-order valence-corrected chi connectivity index (χ0v) is 11.6. The maximum absolute atomic E-state index is 10.5. The average Bonchev–Trinajstić information content (AvgIpc) is 2.68. The second kappa shape index (κ2) is 5.77. The molecule has 3 rings (SSSR count). The molecule has 0 saturated carbocycles. The van der Waals surface area contributed by atoms with Gasteiger partial charge in [0.15, 0.2) is 0 Å². The molecule has 0 aliphatic carbocycles. The Kier molecular flexibility index (Phi) is 4.08. The summed E-state index contributed by atoms with van der Waals surface area (Å²) < 4.78 is 2.37. The molecule has 0 spiro atoms. The van der Waals surface area contributed by atoms with Crippen molar-refractivity contribution >= 4 is 29.0 Å². The lowest BCUT2D eigenvalue weighted by atomic mass is 10.0. The van der Waals surface area contributed by atoms with Crippen molar-refractivity contribution in [1.82, 2.24) is 4.57 Å². The lowest BCUT2D eigenvalue weighted by molar-refractivity contribution is -0.134. The molecule has 2 N–H and O–H groups in total. The summed E-state index contributed by atoms with van der Waals surface area (Å²) in [6, 6.07) is 6.33. The monoisotopic (exact) mass is 274 g/mol. The fourth-order valence-electron chi connectivity index (χ4n) is 2.70. The van der Waals surface area contributed by atoms with E-state index >= 15 is 0 Å². The van der Waals surface area contributed by atoms with Gasteiger partial charge in [-0.2, -0.15) is 0 Å². The maximum atomic E-state index is 10.5. The molecule has 5 nitrogen and oxygen atoms in total. The van der Waals surface area contributed by atoms with Crippen molar-refractivity contribution in [3.63, 3.8) is 0 Å². The van der Waals surface area contributed by atoms with Gasteiger partial charge in [0, 0.05) is 30.2 Å². The molecular formula is C15H18N2O3. The second-order valence-corrected chi connectivity index (χ2v) is 4.90. The number of rotatable bonds is 2. The van der Waals surface area contributed by atoms with E-state index in [0.717, 1.165) is 32.0 Å². The summed E-state index contributed by atoms with van der Waals surface area (Å²) in [6.45, 7) is 4.34. The zero-order valence-electron chi connectivity index (χ0n) is 11.6. The van der Waals surface area contributed by atoms with Crippen molar-refractivity contribution in [2.75, 3.05) is 5.32 Å². The molecule has 0 unspecified atom stereocenters. The summed E-state index contributed by atoms with van der Waals surface area (Å²) in [5.41, 5.74) is 4.90. The van der Waals surface area contributed by atoms with E-state index < -0.39 is 5.97 Å². The number of hydrogen-bond donors (Lipinski definition) is 2. The van der Waals surface area contributed by atoms with E-state index in [9.17, 15) is 4.79 Å². The number of aromatic nitrogens is 1. The summed E-state index contributed by atoms with van der Waals surface area (Å²) >= 11 is 0. The molecule has 0 atom stereocenters. The molecular weight excluding hydrogens is 256 g/mol. The normalized spacial score (nSPS) is 12.5. The van der Waals surface area contributed by atoms with Gasteiger partial charge in [-0.05, 0) is 43.5 Å². The standard InChI is InChI=1S/C13H14N2O.C2H4O2/c1-9-5-11-7-12(14-8-16)6-10-3-2-4-15(9)13(10)11;1-2(3)4/h5-8H,2-4H2,1H3,(H,14,16);1H3,(H,3,4). The Morgan fingerprint density at radius 3 is 2.75 bits per heavy atom. The summed E-state index contributed by atoms with van der Waals surface area (Å²) in [5, 5.41) is 11.4. The topological polar surface area (TPSA) is 71.3 Å². The van der Waals surface area contributed by atoms with E-state index in [0.29, 0.717) is 0 Å². The highest BCUT2D eigenvalue weighted by molar-refractivity contribution is 5.90. The Morgan fingerprint density at radius 1 is 1.40 bits per heavy atom. The third-order valence-electron chi connectivity index (χ3n) is 3.33. The van der Waals surface area contributed by atoms with Gasteiger partial charge in [-0.25, -0.2) is 0 Å². The van der Waals surface area contributed by atoms with Gasteiger partial charge >= 0.3 is 0 Å². The molecule has 5 heteroatoms. The molecule has 1 aliphatic heterocycles. The van der Waals surface area contributed by atoms with Crippen LogP contribution >= 0.6 is 0 Å². The highest BCUT2D eigenvalue weighted by Gasteiger charge is 2.15. The largest absolute Gasteiger partial charge is 0.481 e. The highest BCUT2D eigenvalue weighted by atomic mass is 16.4. The Labute approximate surface area is 117 Å². The van der Waals surface area contributed by atoms with Crippen LogP contribution in [0.1, 0.15) is 24.6 Å². The van der Waals surface area contributed by atoms with Crippen molar-refractivity contribution < 1.29 is 14.7 Å². The van der Waals surface area contributed by atoms with Crippen LogP contribution in [-0.2, 0) is 22.6 Å². The van der Waals surface area contributed by atoms with Crippen LogP contribution < -0.4 is 5.32 Å². The summed E-state index contributed by atoms with van der Waals surface area (Å²) in [7, 11) is 0. The highest BCUT2D eigenvalue weighted by Crippen LogP contribution is 2.31. The van der Waals surface area contributed by atoms with Crippen molar-refractivity contribution in [3.05, 3.63) is 29.5 Å². The Hall–Kier alpha value is -2.30. The first-order valence-electron chi connectivity index (χ1n) is 6.55. The Morgan fingerprint density at radius 2 is 2.10 bits per heavy atom. The number of nitrogens with one attached hydrogen (secondary N) is 1. The van der Waals surface area contributed by atoms with Crippen molar-refractivity contribution in [2.24, 2.45) is 0 Å². The summed E-state index contributed by atoms with van der Waals surface area (Å²) in [5.74, 6) is -0.833. The van der Waals surface area contributed by atoms with E-state index in [4.69, 9.17) is 9.90 Å². The lowest BCUT2D eigenvalue weighted by Crippen LogP contribution is -2.09. The minimum atomic E-state index is -0.833. The molecule has 0 bridgehead atoms. The van der Waals surface area contributed by atoms with Crippen molar-refractivity contribution in [2.45, 2.75) is 33.2 Å². The number of carbonyl (C=O) groups excluding carboxylic acids is 1. The van der Waals surface area contributed by atoms with Crippen LogP contribution in [0.3, 0.4) is 0 Å². The fourth-order valence-corrected chi connectivity index (χ4v) is 2.70. The number of aliphatic carboxylic acids is 1. The first kappa shape index (κ1) is 14.1. The van der Waals surface area contributed by atoms with Gasteiger partial charge in [0.1, 0.15) is 0 Å². The molecule has 1 aromatic carbocycles. The molecule has 1 amide bonds. The number of amides is 1. The van der Waals surface area contributed by atoms with Gasteiger partial charge in [-0.1, -0.05) is 0 Å². The van der Waals surface area contributed by atoms with Crippen LogP contribution in [0.15, 0.2) is 18.2 Å². The zero-order chi connectivity index (χ0) is 14.7. The van der Waals surface area contributed by atoms with Gasteiger partial charge in [0.2, 0.25) is 6.41 Å².